The molecule has 74 valence electrons. The summed E-state index contributed by atoms with van der Waals surface area (Å²) in [5.74, 6) is 0.648. The third kappa shape index (κ3) is 59.1. The summed E-state index contributed by atoms with van der Waals surface area (Å²) in [6, 6.07) is 0. The molecule has 0 fully saturated rings. The Hall–Kier alpha value is -0.720. The second-order valence-corrected chi connectivity index (χ2v) is 2.32. The van der Waals surface area contributed by atoms with E-state index in [2.05, 4.69) is 20.4 Å². The average Bonchev–Trinajstić information content (AvgIpc) is 2.10. The molecule has 0 aliphatic heterocycles. The lowest BCUT2D eigenvalue weighted by atomic mass is 10.2. The van der Waals surface area contributed by atoms with Gasteiger partial charge in [-0.15, -0.1) is 6.58 Å². The van der Waals surface area contributed by atoms with Crippen molar-refractivity contribution in [1.29, 1.82) is 0 Å². The van der Waals surface area contributed by atoms with Crippen LogP contribution in [0.2, 0.25) is 0 Å². The Bertz CT molecular complexity index is 83.0. The summed E-state index contributed by atoms with van der Waals surface area (Å²) >= 11 is 0. The highest BCUT2D eigenvalue weighted by Gasteiger charge is 1.73. The number of rotatable bonds is 2. The minimum Gasteiger partial charge on any atom is -0.405 e. The summed E-state index contributed by atoms with van der Waals surface area (Å²) in [6.45, 7) is 13.8. The molecule has 0 aliphatic carbocycles. The van der Waals surface area contributed by atoms with Crippen molar-refractivity contribution < 1.29 is 0 Å². The lowest BCUT2D eigenvalue weighted by molar-refractivity contribution is 0.835. The van der Waals surface area contributed by atoms with Crippen molar-refractivity contribution in [1.82, 2.24) is 0 Å². The van der Waals surface area contributed by atoms with Crippen LogP contribution in [0.5, 0.6) is 0 Å². The van der Waals surface area contributed by atoms with E-state index in [4.69, 9.17) is 5.73 Å². The first-order valence-corrected chi connectivity index (χ1v) is 4.68. The van der Waals surface area contributed by atoms with Crippen molar-refractivity contribution >= 4 is 0 Å². The molecule has 0 aliphatic rings. The Balaban J connectivity index is -0.000000112. The van der Waals surface area contributed by atoms with Crippen LogP contribution in [0.4, 0.5) is 0 Å². The van der Waals surface area contributed by atoms with E-state index in [1.807, 2.05) is 32.9 Å². The molecule has 0 atom stereocenters. The van der Waals surface area contributed by atoms with Gasteiger partial charge in [-0.1, -0.05) is 46.8 Å². The van der Waals surface area contributed by atoms with Gasteiger partial charge < -0.3 is 5.73 Å². The molecular weight excluding hydrogens is 146 g/mol. The topological polar surface area (TPSA) is 26.0 Å². The molecule has 0 spiro atoms. The highest BCUT2D eigenvalue weighted by Crippen LogP contribution is 1.87. The van der Waals surface area contributed by atoms with Gasteiger partial charge in [-0.05, 0) is 18.5 Å². The van der Waals surface area contributed by atoms with Crippen LogP contribution in [-0.4, -0.2) is 0 Å². The van der Waals surface area contributed by atoms with Gasteiger partial charge in [-0.2, -0.15) is 0 Å². The van der Waals surface area contributed by atoms with Gasteiger partial charge in [0.1, 0.15) is 0 Å². The molecule has 0 radical (unpaired) electrons. The van der Waals surface area contributed by atoms with E-state index in [0.29, 0.717) is 5.92 Å². The number of nitrogens with two attached hydrogens (primary N) is 1. The van der Waals surface area contributed by atoms with E-state index in [0.717, 1.165) is 6.42 Å². The first-order chi connectivity index (χ1) is 5.68. The van der Waals surface area contributed by atoms with Crippen molar-refractivity contribution in [3.8, 4) is 0 Å². The van der Waals surface area contributed by atoms with E-state index < -0.39 is 0 Å². The van der Waals surface area contributed by atoms with Gasteiger partial charge in [0, 0.05) is 0 Å². The van der Waals surface area contributed by atoms with E-state index in [1.165, 1.54) is 0 Å². The Morgan fingerprint density at radius 2 is 1.67 bits per heavy atom. The molecule has 0 saturated carbocycles. The van der Waals surface area contributed by atoms with Crippen molar-refractivity contribution in [3.05, 3.63) is 24.9 Å². The van der Waals surface area contributed by atoms with Crippen LogP contribution >= 0.6 is 0 Å². The van der Waals surface area contributed by atoms with E-state index >= 15 is 0 Å². The normalized spacial score (nSPS) is 8.17. The molecule has 2 N–H and O–H groups in total. The second kappa shape index (κ2) is 22.4. The van der Waals surface area contributed by atoms with Crippen LogP contribution in [0.15, 0.2) is 24.9 Å². The Morgan fingerprint density at radius 3 is 1.67 bits per heavy atom. The first kappa shape index (κ1) is 17.4. The lowest BCUT2D eigenvalue weighted by Crippen LogP contribution is -1.72. The van der Waals surface area contributed by atoms with Crippen LogP contribution in [0.1, 0.15) is 41.0 Å². The maximum atomic E-state index is 4.96. The van der Waals surface area contributed by atoms with Gasteiger partial charge in [0.25, 0.3) is 0 Å². The second-order valence-electron chi connectivity index (χ2n) is 2.32. The Morgan fingerprint density at radius 1 is 1.33 bits per heavy atom. The van der Waals surface area contributed by atoms with Crippen molar-refractivity contribution in [2.24, 2.45) is 11.7 Å². The molecule has 0 aromatic rings. The van der Waals surface area contributed by atoms with E-state index in [1.54, 1.807) is 6.20 Å². The van der Waals surface area contributed by atoms with Gasteiger partial charge in [0.15, 0.2) is 0 Å². The average molecular weight is 171 g/mol. The highest BCUT2D eigenvalue weighted by atomic mass is 14.5. The molecule has 12 heavy (non-hydrogen) atoms. The molecule has 0 aromatic carbocycles. The third-order valence-corrected chi connectivity index (χ3v) is 0.843. The maximum Gasteiger partial charge on any atom is -0.0103 e. The molecule has 1 heteroatoms. The standard InChI is InChI=1S/C5H10.C4H9N.C2H6/c1-4-5(2)3;1-2-3-4-5;1-2/h4-5H,1H2,2-3H3;3-4H,2,5H2,1H3;1-2H3/b;4-3-;. The summed E-state index contributed by atoms with van der Waals surface area (Å²) in [4.78, 5) is 0. The van der Waals surface area contributed by atoms with Crippen LogP contribution in [0, 0.1) is 5.92 Å². The van der Waals surface area contributed by atoms with Crippen LogP contribution < -0.4 is 5.73 Å². The minimum atomic E-state index is 0.648. The van der Waals surface area contributed by atoms with E-state index in [9.17, 15) is 0 Å². The largest absolute Gasteiger partial charge is 0.405 e. The smallest absolute Gasteiger partial charge is 0.0103 e. The maximum absolute atomic E-state index is 4.96. The number of hydrogen-bond acceptors (Lipinski definition) is 1. The quantitative estimate of drug-likeness (QED) is 0.629. The Labute approximate surface area is 78.4 Å². The van der Waals surface area contributed by atoms with Crippen LogP contribution in [0.25, 0.3) is 0 Å². The van der Waals surface area contributed by atoms with Crippen molar-refractivity contribution in [2.75, 3.05) is 0 Å². The van der Waals surface area contributed by atoms with Crippen molar-refractivity contribution in [2.45, 2.75) is 41.0 Å². The number of hydrogen-bond donors (Lipinski definition) is 1. The zero-order valence-electron chi connectivity index (χ0n) is 9.30. The highest BCUT2D eigenvalue weighted by molar-refractivity contribution is 4.72. The van der Waals surface area contributed by atoms with Gasteiger partial charge in [0.05, 0.1) is 0 Å². The molecule has 0 amide bonds. The van der Waals surface area contributed by atoms with Gasteiger partial charge >= 0.3 is 0 Å². The van der Waals surface area contributed by atoms with Gasteiger partial charge in [-0.25, -0.2) is 0 Å². The van der Waals surface area contributed by atoms with Crippen LogP contribution in [-0.2, 0) is 0 Å². The summed E-state index contributed by atoms with van der Waals surface area (Å²) < 4.78 is 0. The molecule has 0 aromatic heterocycles. The molecule has 0 heterocycles. The predicted molar refractivity (Wildman–Crippen MR) is 60.0 cm³/mol. The summed E-state index contributed by atoms with van der Waals surface area (Å²) in [5, 5.41) is 0. The third-order valence-electron chi connectivity index (χ3n) is 0.843. The Kier molecular flexibility index (Phi) is 32.5. The molecule has 0 saturated heterocycles. The fourth-order valence-electron chi connectivity index (χ4n) is 0.136. The zero-order chi connectivity index (χ0) is 10.4. The SMILES string of the molecule is C=CC(C)C.CC.CC/C=C\N. The molecule has 1 nitrogen and oxygen atoms in total. The fourth-order valence-corrected chi connectivity index (χ4v) is 0.136. The van der Waals surface area contributed by atoms with Crippen LogP contribution in [0.3, 0.4) is 0 Å². The van der Waals surface area contributed by atoms with Gasteiger partial charge in [-0.3, -0.25) is 0 Å². The summed E-state index contributed by atoms with van der Waals surface area (Å²) in [7, 11) is 0. The lowest BCUT2D eigenvalue weighted by Gasteiger charge is -1.84. The van der Waals surface area contributed by atoms with E-state index in [-0.39, 0.29) is 0 Å². The summed E-state index contributed by atoms with van der Waals surface area (Å²) in [5.41, 5.74) is 4.96. The monoisotopic (exact) mass is 171 g/mol. The predicted octanol–water partition coefficient (Wildman–Crippen LogP) is 3.72. The zero-order valence-corrected chi connectivity index (χ0v) is 9.30. The minimum absolute atomic E-state index is 0.648. The first-order valence-electron chi connectivity index (χ1n) is 4.68. The van der Waals surface area contributed by atoms with Crippen molar-refractivity contribution in [3.63, 3.8) is 0 Å². The molecular formula is C11H25N. The molecule has 0 bridgehead atoms. The number of allylic oxidation sites excluding steroid dienone is 2. The summed E-state index contributed by atoms with van der Waals surface area (Å²) in [6.07, 6.45) is 6.41. The fraction of sp³-hybridized carbons (Fsp3) is 0.636. The van der Waals surface area contributed by atoms with Gasteiger partial charge in [0.2, 0.25) is 0 Å². The molecule has 0 unspecified atom stereocenters. The molecule has 0 rings (SSSR count).